The van der Waals surface area contributed by atoms with Crippen molar-refractivity contribution in [2.75, 3.05) is 5.32 Å². The van der Waals surface area contributed by atoms with Crippen molar-refractivity contribution in [2.24, 2.45) is 0 Å². The van der Waals surface area contributed by atoms with E-state index >= 15 is 0 Å². The van der Waals surface area contributed by atoms with Crippen molar-refractivity contribution >= 4 is 23.2 Å². The summed E-state index contributed by atoms with van der Waals surface area (Å²) in [6.07, 6.45) is 0. The molecule has 1 N–H and O–H groups in total. The molecule has 0 radical (unpaired) electrons. The number of amides is 1. The van der Waals surface area contributed by atoms with Gasteiger partial charge in [0.25, 0.3) is 5.91 Å². The maximum atomic E-state index is 13.5. The van der Waals surface area contributed by atoms with Crippen molar-refractivity contribution in [3.05, 3.63) is 63.9 Å². The van der Waals surface area contributed by atoms with E-state index in [0.29, 0.717) is 6.07 Å². The molecular formula is C14H6ClF3N2O. The Morgan fingerprint density at radius 1 is 1.14 bits per heavy atom. The van der Waals surface area contributed by atoms with Crippen LogP contribution in [0.1, 0.15) is 15.9 Å². The number of rotatable bonds is 2. The minimum Gasteiger partial charge on any atom is -0.321 e. The van der Waals surface area contributed by atoms with Crippen LogP contribution in [0.25, 0.3) is 0 Å². The Kier molecular flexibility index (Phi) is 4.15. The molecule has 1 amide bonds. The molecule has 2 aromatic rings. The molecule has 0 atom stereocenters. The molecule has 0 saturated carbocycles. The summed E-state index contributed by atoms with van der Waals surface area (Å²) in [5.74, 6) is -5.69. The summed E-state index contributed by atoms with van der Waals surface area (Å²) in [4.78, 5) is 11.8. The number of nitriles is 1. The van der Waals surface area contributed by atoms with Gasteiger partial charge in [-0.05, 0) is 30.3 Å². The number of halogens is 4. The fourth-order valence-electron chi connectivity index (χ4n) is 1.58. The Morgan fingerprint density at radius 3 is 2.48 bits per heavy atom. The topological polar surface area (TPSA) is 52.9 Å². The number of nitrogens with zero attached hydrogens (tertiary/aromatic N) is 1. The third-order valence-corrected chi connectivity index (χ3v) is 2.94. The molecule has 0 aliphatic carbocycles. The van der Waals surface area contributed by atoms with E-state index in [-0.39, 0.29) is 16.3 Å². The third-order valence-electron chi connectivity index (χ3n) is 2.63. The van der Waals surface area contributed by atoms with Gasteiger partial charge >= 0.3 is 0 Å². The molecule has 0 unspecified atom stereocenters. The van der Waals surface area contributed by atoms with Crippen LogP contribution >= 0.6 is 11.6 Å². The summed E-state index contributed by atoms with van der Waals surface area (Å²) in [7, 11) is 0. The number of carbonyl (C=O) groups is 1. The van der Waals surface area contributed by atoms with Gasteiger partial charge in [0.1, 0.15) is 0 Å². The highest BCUT2D eigenvalue weighted by Crippen LogP contribution is 2.24. The number of hydrogen-bond acceptors (Lipinski definition) is 2. The standard InChI is InChI=1S/C14H6ClF3N2O/c15-9-5-7(6-19)1-4-11(9)20-14(21)8-2-3-10(16)13(18)12(8)17/h1-5H,(H,20,21). The minimum absolute atomic E-state index is 0.0605. The molecule has 7 heteroatoms. The summed E-state index contributed by atoms with van der Waals surface area (Å²) in [6.45, 7) is 0. The number of benzene rings is 2. The van der Waals surface area contributed by atoms with Crippen molar-refractivity contribution in [3.8, 4) is 6.07 Å². The highest BCUT2D eigenvalue weighted by molar-refractivity contribution is 6.34. The Labute approximate surface area is 122 Å². The van der Waals surface area contributed by atoms with Gasteiger partial charge in [-0.1, -0.05) is 11.6 Å². The van der Waals surface area contributed by atoms with Gasteiger partial charge in [0.15, 0.2) is 17.5 Å². The molecule has 0 saturated heterocycles. The zero-order valence-corrected chi connectivity index (χ0v) is 11.0. The Bertz CT molecular complexity index is 772. The van der Waals surface area contributed by atoms with Crippen molar-refractivity contribution in [3.63, 3.8) is 0 Å². The first-order valence-corrected chi connectivity index (χ1v) is 5.96. The van der Waals surface area contributed by atoms with E-state index in [1.165, 1.54) is 18.2 Å². The van der Waals surface area contributed by atoms with E-state index in [2.05, 4.69) is 5.32 Å². The fourth-order valence-corrected chi connectivity index (χ4v) is 1.80. The Morgan fingerprint density at radius 2 is 1.86 bits per heavy atom. The summed E-state index contributed by atoms with van der Waals surface area (Å²) >= 11 is 5.84. The maximum absolute atomic E-state index is 13.5. The average Bonchev–Trinajstić information content (AvgIpc) is 2.46. The molecule has 106 valence electrons. The van der Waals surface area contributed by atoms with Crippen LogP contribution < -0.4 is 5.32 Å². The largest absolute Gasteiger partial charge is 0.321 e. The van der Waals surface area contributed by atoms with Crippen LogP contribution in [0.4, 0.5) is 18.9 Å². The van der Waals surface area contributed by atoms with Gasteiger partial charge in [-0.3, -0.25) is 4.79 Å². The first-order chi connectivity index (χ1) is 9.93. The number of anilines is 1. The van der Waals surface area contributed by atoms with Crippen LogP contribution in [-0.2, 0) is 0 Å². The quantitative estimate of drug-likeness (QED) is 0.856. The molecule has 0 bridgehead atoms. The molecular weight excluding hydrogens is 305 g/mol. The van der Waals surface area contributed by atoms with Crippen LogP contribution in [0.15, 0.2) is 30.3 Å². The molecule has 0 fully saturated rings. The van der Waals surface area contributed by atoms with Crippen LogP contribution in [0.3, 0.4) is 0 Å². The van der Waals surface area contributed by atoms with Crippen LogP contribution in [0, 0.1) is 28.8 Å². The average molecular weight is 311 g/mol. The van der Waals surface area contributed by atoms with E-state index in [4.69, 9.17) is 16.9 Å². The molecule has 0 aliphatic heterocycles. The van der Waals surface area contributed by atoms with Gasteiger partial charge < -0.3 is 5.32 Å². The maximum Gasteiger partial charge on any atom is 0.258 e. The smallest absolute Gasteiger partial charge is 0.258 e. The van der Waals surface area contributed by atoms with Gasteiger partial charge in [0.05, 0.1) is 27.9 Å². The highest BCUT2D eigenvalue weighted by atomic mass is 35.5. The first-order valence-electron chi connectivity index (χ1n) is 5.58. The van der Waals surface area contributed by atoms with Crippen LogP contribution in [0.5, 0.6) is 0 Å². The van der Waals surface area contributed by atoms with E-state index in [1.807, 2.05) is 6.07 Å². The van der Waals surface area contributed by atoms with Crippen LogP contribution in [-0.4, -0.2) is 5.91 Å². The third kappa shape index (κ3) is 2.98. The van der Waals surface area contributed by atoms with Crippen molar-refractivity contribution < 1.29 is 18.0 Å². The van der Waals surface area contributed by atoms with Crippen molar-refractivity contribution in [2.45, 2.75) is 0 Å². The molecule has 2 aromatic carbocycles. The second kappa shape index (κ2) is 5.85. The van der Waals surface area contributed by atoms with E-state index < -0.39 is 28.9 Å². The Balaban J connectivity index is 2.31. The number of nitrogens with one attached hydrogen (secondary N) is 1. The second-order valence-electron chi connectivity index (χ2n) is 3.98. The number of hydrogen-bond donors (Lipinski definition) is 1. The minimum atomic E-state index is -1.73. The van der Waals surface area contributed by atoms with Crippen molar-refractivity contribution in [1.82, 2.24) is 0 Å². The Hall–Kier alpha value is -2.52. The van der Waals surface area contributed by atoms with Gasteiger partial charge in [0, 0.05) is 0 Å². The lowest BCUT2D eigenvalue weighted by Gasteiger charge is -2.08. The predicted octanol–water partition coefficient (Wildman–Crippen LogP) is 3.88. The van der Waals surface area contributed by atoms with Crippen LogP contribution in [0.2, 0.25) is 5.02 Å². The van der Waals surface area contributed by atoms with Gasteiger partial charge in [-0.25, -0.2) is 13.2 Å². The molecule has 21 heavy (non-hydrogen) atoms. The van der Waals surface area contributed by atoms with E-state index in [9.17, 15) is 18.0 Å². The molecule has 2 rings (SSSR count). The summed E-state index contributed by atoms with van der Waals surface area (Å²) < 4.78 is 39.4. The monoisotopic (exact) mass is 310 g/mol. The predicted molar refractivity (Wildman–Crippen MR) is 70.4 cm³/mol. The molecule has 0 aromatic heterocycles. The lowest BCUT2D eigenvalue weighted by Crippen LogP contribution is -2.15. The van der Waals surface area contributed by atoms with E-state index in [1.54, 1.807) is 0 Å². The summed E-state index contributed by atoms with van der Waals surface area (Å²) in [5, 5.41) is 11.0. The summed E-state index contributed by atoms with van der Waals surface area (Å²) in [6, 6.07) is 7.36. The van der Waals surface area contributed by atoms with Gasteiger partial charge in [0.2, 0.25) is 0 Å². The number of carbonyl (C=O) groups excluding carboxylic acids is 1. The van der Waals surface area contributed by atoms with Crippen molar-refractivity contribution in [1.29, 1.82) is 5.26 Å². The summed E-state index contributed by atoms with van der Waals surface area (Å²) in [5.41, 5.74) is -0.267. The molecule has 0 aliphatic rings. The lowest BCUT2D eigenvalue weighted by atomic mass is 10.1. The SMILES string of the molecule is N#Cc1ccc(NC(=O)c2ccc(F)c(F)c2F)c(Cl)c1. The zero-order chi connectivity index (χ0) is 15.6. The fraction of sp³-hybridized carbons (Fsp3) is 0. The van der Waals surface area contributed by atoms with Gasteiger partial charge in [-0.15, -0.1) is 0 Å². The molecule has 3 nitrogen and oxygen atoms in total. The zero-order valence-electron chi connectivity index (χ0n) is 10.3. The second-order valence-corrected chi connectivity index (χ2v) is 4.39. The molecule has 0 spiro atoms. The lowest BCUT2D eigenvalue weighted by molar-refractivity contribution is 0.102. The highest BCUT2D eigenvalue weighted by Gasteiger charge is 2.19. The van der Waals surface area contributed by atoms with Gasteiger partial charge in [-0.2, -0.15) is 5.26 Å². The first kappa shape index (κ1) is 14.9. The molecule has 0 heterocycles. The normalized spacial score (nSPS) is 10.0. The van der Waals surface area contributed by atoms with E-state index in [0.717, 1.165) is 6.07 Å².